The van der Waals surface area contributed by atoms with E-state index in [9.17, 15) is 13.2 Å². The van der Waals surface area contributed by atoms with Gasteiger partial charge in [0.2, 0.25) is 0 Å². The van der Waals surface area contributed by atoms with Gasteiger partial charge in [-0.3, -0.25) is 0 Å². The third-order valence-corrected chi connectivity index (χ3v) is 2.30. The van der Waals surface area contributed by atoms with Crippen LogP contribution in [-0.4, -0.2) is 13.5 Å². The van der Waals surface area contributed by atoms with E-state index in [0.717, 1.165) is 0 Å². The summed E-state index contributed by atoms with van der Waals surface area (Å²) in [6.07, 6.45) is -3.38. The molecule has 0 aliphatic rings. The molecule has 0 unspecified atom stereocenters. The Morgan fingerprint density at radius 3 is 2.67 bits per heavy atom. The molecule has 0 spiro atoms. The summed E-state index contributed by atoms with van der Waals surface area (Å²) in [6.45, 7) is 1.54. The van der Waals surface area contributed by atoms with Crippen molar-refractivity contribution in [3.05, 3.63) is 30.5 Å². The molecule has 0 aliphatic carbocycles. The minimum atomic E-state index is -4.72. The van der Waals surface area contributed by atoms with E-state index in [-0.39, 0.29) is 12.1 Å². The Balaban J connectivity index is 2.17. The molecule has 3 nitrogen and oxygen atoms in total. The lowest BCUT2D eigenvalue weighted by molar-refractivity contribution is -0.282. The number of fused-ring (bicyclic) bond motifs is 1. The molecule has 18 heavy (non-hydrogen) atoms. The van der Waals surface area contributed by atoms with Crippen LogP contribution in [0.25, 0.3) is 11.0 Å². The molecule has 7 heteroatoms. The van der Waals surface area contributed by atoms with Crippen molar-refractivity contribution in [2.45, 2.75) is 19.6 Å². The van der Waals surface area contributed by atoms with E-state index in [1.165, 1.54) is 6.26 Å². The van der Waals surface area contributed by atoms with Crippen molar-refractivity contribution < 1.29 is 26.9 Å². The maximum atomic E-state index is 12.1. The molecule has 0 amide bonds. The molecule has 0 atom stereocenters. The fourth-order valence-electron chi connectivity index (χ4n) is 1.53. The van der Waals surface area contributed by atoms with Crippen molar-refractivity contribution in [3.63, 3.8) is 0 Å². The van der Waals surface area contributed by atoms with Crippen LogP contribution in [0.3, 0.4) is 0 Å². The molecule has 0 saturated carbocycles. The second kappa shape index (κ2) is 4.93. The van der Waals surface area contributed by atoms with Crippen molar-refractivity contribution in [2.75, 3.05) is 0 Å². The van der Waals surface area contributed by atoms with Gasteiger partial charge >= 0.3 is 13.5 Å². The van der Waals surface area contributed by atoms with Crippen LogP contribution in [0.5, 0.6) is 5.75 Å². The summed E-state index contributed by atoms with van der Waals surface area (Å²) in [4.78, 5) is 0. The summed E-state index contributed by atoms with van der Waals surface area (Å²) in [7, 11) is -1.38. The molecule has 0 aliphatic heterocycles. The molecule has 0 radical (unpaired) electrons. The summed E-state index contributed by atoms with van der Waals surface area (Å²) in [5.74, 6) is 0.238. The lowest BCUT2D eigenvalue weighted by atomic mass is 9.86. The number of halogens is 3. The molecule has 0 bridgehead atoms. The van der Waals surface area contributed by atoms with Crippen LogP contribution in [0.4, 0.5) is 13.2 Å². The van der Waals surface area contributed by atoms with Gasteiger partial charge < -0.3 is 13.7 Å². The van der Waals surface area contributed by atoms with E-state index < -0.39 is 13.5 Å². The van der Waals surface area contributed by atoms with Gasteiger partial charge in [-0.25, -0.2) is 0 Å². The number of furan rings is 1. The van der Waals surface area contributed by atoms with Gasteiger partial charge in [-0.1, -0.05) is 19.1 Å². The third-order valence-electron chi connectivity index (χ3n) is 2.30. The number of para-hydroxylation sites is 1. The molecule has 1 heterocycles. The van der Waals surface area contributed by atoms with Gasteiger partial charge in [0.25, 0.3) is 0 Å². The van der Waals surface area contributed by atoms with Gasteiger partial charge in [0, 0.05) is 0 Å². The zero-order chi connectivity index (χ0) is 13.2. The van der Waals surface area contributed by atoms with Gasteiger partial charge in [-0.15, -0.1) is 13.2 Å². The van der Waals surface area contributed by atoms with Crippen molar-refractivity contribution in [2.24, 2.45) is 0 Å². The molecular formula is C11H10BF3O3. The van der Waals surface area contributed by atoms with Gasteiger partial charge in [-0.05, 0) is 18.5 Å². The summed E-state index contributed by atoms with van der Waals surface area (Å²) < 4.78 is 50.5. The van der Waals surface area contributed by atoms with Crippen LogP contribution in [0.15, 0.2) is 34.9 Å². The van der Waals surface area contributed by atoms with Crippen LogP contribution in [-0.2, 0) is 4.65 Å². The summed E-state index contributed by atoms with van der Waals surface area (Å²) >= 11 is 0. The van der Waals surface area contributed by atoms with Gasteiger partial charge in [-0.2, -0.15) is 0 Å². The minimum absolute atomic E-state index is 0.0685. The third kappa shape index (κ3) is 2.98. The van der Waals surface area contributed by atoms with Crippen LogP contribution in [0, 0.1) is 0 Å². The largest absolute Gasteiger partial charge is 0.533 e. The van der Waals surface area contributed by atoms with E-state index in [4.69, 9.17) is 9.07 Å². The maximum absolute atomic E-state index is 12.1. The highest BCUT2D eigenvalue weighted by atomic mass is 19.4. The Morgan fingerprint density at radius 1 is 1.28 bits per heavy atom. The van der Waals surface area contributed by atoms with E-state index in [1.807, 2.05) is 0 Å². The monoisotopic (exact) mass is 258 g/mol. The molecule has 1 aromatic heterocycles. The first-order chi connectivity index (χ1) is 8.49. The first kappa shape index (κ1) is 12.8. The topological polar surface area (TPSA) is 31.6 Å². The second-order valence-electron chi connectivity index (χ2n) is 3.62. The zero-order valence-corrected chi connectivity index (χ0v) is 9.53. The first-order valence-corrected chi connectivity index (χ1v) is 5.37. The second-order valence-corrected chi connectivity index (χ2v) is 3.62. The standard InChI is InChI=1S/C11H10BF3O3/c1-2-12(18-11(13,14)15)17-10-7-16-9-6-4-3-5-8(9)10/h3-7H,2H2,1H3. The Labute approximate surface area is 102 Å². The maximum Gasteiger partial charge on any atom is 0.531 e. The predicted octanol–water partition coefficient (Wildman–Crippen LogP) is 3.86. The lowest BCUT2D eigenvalue weighted by Crippen LogP contribution is -2.32. The number of benzene rings is 1. The van der Waals surface area contributed by atoms with E-state index in [2.05, 4.69) is 4.65 Å². The molecule has 96 valence electrons. The Bertz CT molecular complexity index is 523. The predicted molar refractivity (Wildman–Crippen MR) is 60.2 cm³/mol. The Kier molecular flexibility index (Phi) is 3.51. The van der Waals surface area contributed by atoms with Crippen molar-refractivity contribution in [3.8, 4) is 5.75 Å². The number of hydrogen-bond acceptors (Lipinski definition) is 3. The fourth-order valence-corrected chi connectivity index (χ4v) is 1.53. The van der Waals surface area contributed by atoms with Gasteiger partial charge in [0.15, 0.2) is 0 Å². The fraction of sp³-hybridized carbons (Fsp3) is 0.273. The SMILES string of the molecule is CCB(Oc1coc2ccccc12)OC(F)(F)F. The average Bonchev–Trinajstić information content (AvgIpc) is 2.70. The Hall–Kier alpha value is -1.63. The molecule has 0 saturated heterocycles. The highest BCUT2D eigenvalue weighted by molar-refractivity contribution is 6.45. The van der Waals surface area contributed by atoms with Gasteiger partial charge in [0.1, 0.15) is 17.6 Å². The molecule has 2 aromatic rings. The minimum Gasteiger partial charge on any atom is -0.533 e. The smallest absolute Gasteiger partial charge is 0.531 e. The van der Waals surface area contributed by atoms with E-state index in [0.29, 0.717) is 11.0 Å². The van der Waals surface area contributed by atoms with E-state index in [1.54, 1.807) is 31.2 Å². The summed E-state index contributed by atoms with van der Waals surface area (Å²) in [5, 5.41) is 0.613. The molecule has 2 rings (SSSR count). The Morgan fingerprint density at radius 2 is 2.00 bits per heavy atom. The number of rotatable bonds is 4. The highest BCUT2D eigenvalue weighted by Gasteiger charge is 2.37. The molecular weight excluding hydrogens is 248 g/mol. The van der Waals surface area contributed by atoms with E-state index >= 15 is 0 Å². The normalized spacial score (nSPS) is 11.8. The molecule has 0 fully saturated rings. The van der Waals surface area contributed by atoms with Crippen molar-refractivity contribution in [1.82, 2.24) is 0 Å². The van der Waals surface area contributed by atoms with Crippen molar-refractivity contribution >= 4 is 18.1 Å². The average molecular weight is 258 g/mol. The number of hydrogen-bond donors (Lipinski definition) is 0. The van der Waals surface area contributed by atoms with Crippen LogP contribution in [0.1, 0.15) is 6.92 Å². The zero-order valence-electron chi connectivity index (χ0n) is 9.53. The van der Waals surface area contributed by atoms with Crippen molar-refractivity contribution in [1.29, 1.82) is 0 Å². The summed E-state index contributed by atoms with van der Waals surface area (Å²) in [6, 6.07) is 6.91. The van der Waals surface area contributed by atoms with Gasteiger partial charge in [0.05, 0.1) is 5.39 Å². The molecule has 0 N–H and O–H groups in total. The number of alkyl halides is 3. The highest BCUT2D eigenvalue weighted by Crippen LogP contribution is 2.29. The van der Waals surface area contributed by atoms with Crippen LogP contribution in [0.2, 0.25) is 6.32 Å². The summed E-state index contributed by atoms with van der Waals surface area (Å²) in [5.41, 5.74) is 0.550. The lowest BCUT2D eigenvalue weighted by Gasteiger charge is -2.14. The molecule has 1 aromatic carbocycles. The van der Waals surface area contributed by atoms with Crippen LogP contribution < -0.4 is 4.65 Å². The first-order valence-electron chi connectivity index (χ1n) is 5.37. The van der Waals surface area contributed by atoms with Crippen LogP contribution >= 0.6 is 0 Å². The quantitative estimate of drug-likeness (QED) is 0.780.